The first kappa shape index (κ1) is 24.6. The second-order valence-electron chi connectivity index (χ2n) is 8.09. The van der Waals surface area contributed by atoms with Crippen LogP contribution in [0.15, 0.2) is 76.7 Å². The van der Waals surface area contributed by atoms with Gasteiger partial charge in [-0.3, -0.25) is 4.79 Å². The lowest BCUT2D eigenvalue weighted by molar-refractivity contribution is -0.113. The minimum Gasteiger partial charge on any atom is -0.289 e. The molecule has 0 atom stereocenters. The first-order valence-corrected chi connectivity index (χ1v) is 11.9. The molecule has 35 heavy (non-hydrogen) atoms. The minimum atomic E-state index is -4.13. The molecule has 0 bridgehead atoms. The molecule has 0 aromatic heterocycles. The summed E-state index contributed by atoms with van der Waals surface area (Å²) in [6.45, 7) is 0.945. The predicted octanol–water partition coefficient (Wildman–Crippen LogP) is 5.29. The SMILES string of the molecule is Cc1ccc(S(=O)(=O)N2C/C(=C/c3cc(F)ccc3F)C(=O)/C(=C/c3cc(F)ccc3F)C2)cc1. The number of rotatable bonds is 4. The van der Waals surface area contributed by atoms with E-state index in [-0.39, 0.29) is 27.2 Å². The van der Waals surface area contributed by atoms with Crippen molar-refractivity contribution in [3.05, 3.63) is 112 Å². The third kappa shape index (κ3) is 5.26. The Balaban J connectivity index is 1.84. The Morgan fingerprint density at radius 2 is 1.20 bits per heavy atom. The maximum atomic E-state index is 14.3. The normalized spacial score (nSPS) is 17.3. The van der Waals surface area contributed by atoms with E-state index in [0.29, 0.717) is 0 Å². The molecular formula is C26H19F4NO3S. The molecule has 0 saturated carbocycles. The molecule has 1 saturated heterocycles. The Bertz CT molecular complexity index is 1410. The molecule has 0 aliphatic carbocycles. The van der Waals surface area contributed by atoms with E-state index in [0.717, 1.165) is 58.4 Å². The van der Waals surface area contributed by atoms with Crippen LogP contribution in [0.4, 0.5) is 17.6 Å². The number of benzene rings is 3. The van der Waals surface area contributed by atoms with Gasteiger partial charge in [-0.05, 0) is 67.6 Å². The fourth-order valence-electron chi connectivity index (χ4n) is 3.66. The van der Waals surface area contributed by atoms with Crippen molar-refractivity contribution in [3.8, 4) is 0 Å². The Labute approximate surface area is 199 Å². The molecule has 3 aromatic carbocycles. The van der Waals surface area contributed by atoms with Crippen LogP contribution in [0, 0.1) is 30.2 Å². The predicted molar refractivity (Wildman–Crippen MR) is 124 cm³/mol. The quantitative estimate of drug-likeness (QED) is 0.361. The van der Waals surface area contributed by atoms with Crippen LogP contribution in [0.3, 0.4) is 0 Å². The van der Waals surface area contributed by atoms with Crippen molar-refractivity contribution >= 4 is 28.0 Å². The second-order valence-corrected chi connectivity index (χ2v) is 10.0. The molecule has 1 heterocycles. The van der Waals surface area contributed by atoms with Crippen molar-refractivity contribution in [1.82, 2.24) is 4.31 Å². The van der Waals surface area contributed by atoms with Crippen molar-refractivity contribution in [2.24, 2.45) is 0 Å². The van der Waals surface area contributed by atoms with Gasteiger partial charge in [0, 0.05) is 35.4 Å². The lowest BCUT2D eigenvalue weighted by atomic mass is 9.95. The fourth-order valence-corrected chi connectivity index (χ4v) is 5.06. The number of Topliss-reactive ketones (excluding diaryl/α,β-unsaturated/α-hetero) is 1. The summed E-state index contributed by atoms with van der Waals surface area (Å²) in [4.78, 5) is 13.2. The van der Waals surface area contributed by atoms with Gasteiger partial charge in [0.05, 0.1) is 4.90 Å². The van der Waals surface area contributed by atoms with Crippen molar-refractivity contribution < 1.29 is 30.8 Å². The lowest BCUT2D eigenvalue weighted by Gasteiger charge is -2.29. The highest BCUT2D eigenvalue weighted by Gasteiger charge is 2.34. The van der Waals surface area contributed by atoms with Gasteiger partial charge in [-0.25, -0.2) is 26.0 Å². The molecule has 1 aliphatic rings. The summed E-state index contributed by atoms with van der Waals surface area (Å²) in [5.74, 6) is -3.81. The number of carbonyl (C=O) groups is 1. The van der Waals surface area contributed by atoms with Crippen LogP contribution >= 0.6 is 0 Å². The lowest BCUT2D eigenvalue weighted by Crippen LogP contribution is -2.41. The maximum Gasteiger partial charge on any atom is 0.243 e. The molecule has 0 spiro atoms. The van der Waals surface area contributed by atoms with Gasteiger partial charge in [-0.1, -0.05) is 17.7 Å². The van der Waals surface area contributed by atoms with Crippen LogP contribution in [0.2, 0.25) is 0 Å². The Hall–Kier alpha value is -3.56. The minimum absolute atomic E-state index is 0.0370. The molecule has 0 N–H and O–H groups in total. The third-order valence-corrected chi connectivity index (χ3v) is 7.32. The van der Waals surface area contributed by atoms with Gasteiger partial charge < -0.3 is 0 Å². The van der Waals surface area contributed by atoms with E-state index in [2.05, 4.69) is 0 Å². The number of sulfonamides is 1. The highest BCUT2D eigenvalue weighted by Crippen LogP contribution is 2.28. The summed E-state index contributed by atoms with van der Waals surface area (Å²) in [5.41, 5.74) is 0.0273. The van der Waals surface area contributed by atoms with Crippen LogP contribution in [-0.4, -0.2) is 31.6 Å². The number of carbonyl (C=O) groups excluding carboxylic acids is 1. The Morgan fingerprint density at radius 1 is 0.743 bits per heavy atom. The number of hydrogen-bond donors (Lipinski definition) is 0. The molecular weight excluding hydrogens is 482 g/mol. The van der Waals surface area contributed by atoms with E-state index in [4.69, 9.17) is 0 Å². The highest BCUT2D eigenvalue weighted by molar-refractivity contribution is 7.89. The average molecular weight is 502 g/mol. The zero-order valence-corrected chi connectivity index (χ0v) is 19.3. The number of ketones is 1. The van der Waals surface area contributed by atoms with Gasteiger partial charge in [0.15, 0.2) is 5.78 Å². The average Bonchev–Trinajstić information content (AvgIpc) is 2.81. The van der Waals surface area contributed by atoms with E-state index in [9.17, 15) is 30.8 Å². The molecule has 9 heteroatoms. The molecule has 1 aliphatic heterocycles. The van der Waals surface area contributed by atoms with E-state index in [1.165, 1.54) is 12.1 Å². The van der Waals surface area contributed by atoms with Crippen LogP contribution < -0.4 is 0 Å². The molecule has 0 unspecified atom stereocenters. The van der Waals surface area contributed by atoms with Gasteiger partial charge >= 0.3 is 0 Å². The maximum absolute atomic E-state index is 14.3. The van der Waals surface area contributed by atoms with Crippen LogP contribution in [0.25, 0.3) is 12.2 Å². The zero-order valence-electron chi connectivity index (χ0n) is 18.4. The Kier molecular flexibility index (Phi) is 6.73. The highest BCUT2D eigenvalue weighted by atomic mass is 32.2. The molecule has 0 radical (unpaired) electrons. The van der Waals surface area contributed by atoms with E-state index in [1.54, 1.807) is 19.1 Å². The number of aryl methyl sites for hydroxylation is 1. The number of halogens is 4. The largest absolute Gasteiger partial charge is 0.289 e. The number of piperidine rings is 1. The van der Waals surface area contributed by atoms with E-state index in [1.807, 2.05) is 0 Å². The smallest absolute Gasteiger partial charge is 0.243 e. The van der Waals surface area contributed by atoms with Crippen LogP contribution in [-0.2, 0) is 14.8 Å². The topological polar surface area (TPSA) is 54.5 Å². The summed E-state index contributed by atoms with van der Waals surface area (Å²) in [7, 11) is -4.13. The summed E-state index contributed by atoms with van der Waals surface area (Å²) in [5, 5.41) is 0. The fraction of sp³-hybridized carbons (Fsp3) is 0.115. The van der Waals surface area contributed by atoms with Gasteiger partial charge in [-0.2, -0.15) is 4.31 Å². The molecule has 0 amide bonds. The Morgan fingerprint density at radius 3 is 1.66 bits per heavy atom. The molecule has 4 nitrogen and oxygen atoms in total. The molecule has 3 aromatic rings. The molecule has 180 valence electrons. The van der Waals surface area contributed by atoms with Crippen molar-refractivity contribution in [3.63, 3.8) is 0 Å². The number of hydrogen-bond acceptors (Lipinski definition) is 3. The second kappa shape index (κ2) is 9.59. The first-order valence-electron chi connectivity index (χ1n) is 10.5. The van der Waals surface area contributed by atoms with Crippen LogP contribution in [0.1, 0.15) is 16.7 Å². The summed E-state index contributed by atoms with van der Waals surface area (Å²) in [6.07, 6.45) is 2.13. The summed E-state index contributed by atoms with van der Waals surface area (Å²) < 4.78 is 83.6. The third-order valence-electron chi connectivity index (χ3n) is 5.51. The van der Waals surface area contributed by atoms with Crippen molar-refractivity contribution in [1.29, 1.82) is 0 Å². The summed E-state index contributed by atoms with van der Waals surface area (Å²) in [6, 6.07) is 11.4. The van der Waals surface area contributed by atoms with Crippen LogP contribution in [0.5, 0.6) is 0 Å². The molecule has 1 fully saturated rings. The standard InChI is InChI=1S/C26H19F4NO3S/c1-16-2-6-23(7-3-16)35(33,34)31-14-19(10-17-12-21(27)4-8-24(17)29)26(32)20(15-31)11-18-13-22(28)5-9-25(18)30/h2-13H,14-15H2,1H3/b19-10-,20-11+. The van der Waals surface area contributed by atoms with Crippen molar-refractivity contribution in [2.45, 2.75) is 11.8 Å². The van der Waals surface area contributed by atoms with Gasteiger partial charge in [-0.15, -0.1) is 0 Å². The first-order chi connectivity index (χ1) is 16.5. The summed E-state index contributed by atoms with van der Waals surface area (Å²) >= 11 is 0. The van der Waals surface area contributed by atoms with Gasteiger partial charge in [0.2, 0.25) is 10.0 Å². The van der Waals surface area contributed by atoms with Crippen molar-refractivity contribution in [2.75, 3.05) is 13.1 Å². The monoisotopic (exact) mass is 501 g/mol. The van der Waals surface area contributed by atoms with Gasteiger partial charge in [0.1, 0.15) is 23.3 Å². The zero-order chi connectivity index (χ0) is 25.3. The molecule has 4 rings (SSSR count). The van der Waals surface area contributed by atoms with E-state index >= 15 is 0 Å². The number of nitrogens with zero attached hydrogens (tertiary/aromatic N) is 1. The van der Waals surface area contributed by atoms with E-state index < -0.39 is 52.2 Å². The van der Waals surface area contributed by atoms with Gasteiger partial charge in [0.25, 0.3) is 0 Å².